The fourth-order valence-electron chi connectivity index (χ4n) is 2.50. The van der Waals surface area contributed by atoms with E-state index in [4.69, 9.17) is 10.2 Å². The molecule has 1 heterocycles. The molecule has 0 spiro atoms. The molecular weight excluding hydrogens is 260 g/mol. The maximum atomic E-state index is 12.0. The van der Waals surface area contributed by atoms with Crippen molar-refractivity contribution in [2.24, 2.45) is 11.7 Å². The van der Waals surface area contributed by atoms with Crippen LogP contribution in [0.2, 0.25) is 0 Å². The summed E-state index contributed by atoms with van der Waals surface area (Å²) in [6.45, 7) is 1.94. The van der Waals surface area contributed by atoms with Gasteiger partial charge >= 0.3 is 0 Å². The van der Waals surface area contributed by atoms with Crippen LogP contribution in [0.25, 0.3) is 0 Å². The summed E-state index contributed by atoms with van der Waals surface area (Å²) in [6.07, 6.45) is 6.23. The molecule has 2 aliphatic carbocycles. The number of amides is 1. The summed E-state index contributed by atoms with van der Waals surface area (Å²) in [4.78, 5) is 13.1. The van der Waals surface area contributed by atoms with Crippen molar-refractivity contribution in [1.29, 1.82) is 0 Å². The van der Waals surface area contributed by atoms with Crippen molar-refractivity contribution in [2.45, 2.75) is 49.1 Å². The van der Waals surface area contributed by atoms with Gasteiger partial charge < -0.3 is 10.2 Å². The summed E-state index contributed by atoms with van der Waals surface area (Å²) in [5.74, 6) is 1.82. The van der Waals surface area contributed by atoms with Gasteiger partial charge in [0.15, 0.2) is 0 Å². The van der Waals surface area contributed by atoms with Crippen LogP contribution < -0.4 is 11.1 Å². The van der Waals surface area contributed by atoms with Crippen molar-refractivity contribution in [3.63, 3.8) is 0 Å². The lowest BCUT2D eigenvalue weighted by Crippen LogP contribution is -2.60. The molecule has 5 heteroatoms. The lowest BCUT2D eigenvalue weighted by atomic mass is 9.94. The van der Waals surface area contributed by atoms with Crippen molar-refractivity contribution in [1.82, 2.24) is 5.32 Å². The van der Waals surface area contributed by atoms with Crippen LogP contribution in [0.5, 0.6) is 0 Å². The molecule has 2 aliphatic rings. The normalized spacial score (nSPS) is 22.2. The molecule has 1 unspecified atom stereocenters. The Kier molecular flexibility index (Phi) is 3.35. The Balaban J connectivity index is 1.74. The first-order valence-corrected chi connectivity index (χ1v) is 7.85. The zero-order chi connectivity index (χ0) is 13.5. The number of furan rings is 1. The van der Waals surface area contributed by atoms with Crippen LogP contribution in [-0.4, -0.2) is 23.2 Å². The first-order chi connectivity index (χ1) is 9.12. The molecule has 0 bridgehead atoms. The van der Waals surface area contributed by atoms with Crippen LogP contribution >= 0.6 is 11.8 Å². The van der Waals surface area contributed by atoms with Crippen molar-refractivity contribution < 1.29 is 9.21 Å². The minimum Gasteiger partial charge on any atom is -0.468 e. The minimum atomic E-state index is -0.532. The third-order valence-corrected chi connectivity index (χ3v) is 5.35. The van der Waals surface area contributed by atoms with Gasteiger partial charge in [0.05, 0.1) is 6.26 Å². The van der Waals surface area contributed by atoms with Gasteiger partial charge in [-0.15, -0.1) is 11.8 Å². The van der Waals surface area contributed by atoms with E-state index in [1.54, 1.807) is 18.0 Å². The van der Waals surface area contributed by atoms with Gasteiger partial charge in [-0.25, -0.2) is 0 Å². The third kappa shape index (κ3) is 2.67. The number of rotatable bonds is 7. The van der Waals surface area contributed by atoms with Crippen LogP contribution in [0.1, 0.15) is 31.4 Å². The van der Waals surface area contributed by atoms with E-state index in [9.17, 15) is 4.79 Å². The Morgan fingerprint density at radius 3 is 2.74 bits per heavy atom. The van der Waals surface area contributed by atoms with Crippen LogP contribution in [-0.2, 0) is 4.79 Å². The number of nitrogens with one attached hydrogen (secondary N) is 1. The number of hydrogen-bond acceptors (Lipinski definition) is 4. The predicted molar refractivity (Wildman–Crippen MR) is 75.0 cm³/mol. The maximum Gasteiger partial charge on any atom is 0.238 e. The summed E-state index contributed by atoms with van der Waals surface area (Å²) in [7, 11) is 0. The quantitative estimate of drug-likeness (QED) is 0.750. The fraction of sp³-hybridized carbons (Fsp3) is 0.643. The number of primary amides is 1. The molecule has 1 amide bonds. The Hall–Kier alpha value is -0.940. The molecule has 19 heavy (non-hydrogen) atoms. The van der Waals surface area contributed by atoms with E-state index in [1.165, 1.54) is 0 Å². The number of thioether (sulfide) groups is 1. The molecule has 0 radical (unpaired) electrons. The van der Waals surface area contributed by atoms with E-state index in [0.717, 1.165) is 36.3 Å². The van der Waals surface area contributed by atoms with E-state index in [0.29, 0.717) is 17.7 Å². The van der Waals surface area contributed by atoms with Crippen LogP contribution in [0.15, 0.2) is 21.6 Å². The van der Waals surface area contributed by atoms with Crippen LogP contribution in [0.4, 0.5) is 0 Å². The molecule has 3 rings (SSSR count). The Morgan fingerprint density at radius 2 is 2.26 bits per heavy atom. The average Bonchev–Trinajstić information content (AvgIpc) is 3.25. The molecule has 1 aromatic heterocycles. The molecule has 0 saturated heterocycles. The zero-order valence-corrected chi connectivity index (χ0v) is 12.0. The Bertz CT molecular complexity index is 480. The number of hydrogen-bond donors (Lipinski definition) is 2. The number of carbonyl (C=O) groups excluding carboxylic acids is 1. The third-order valence-electron chi connectivity index (χ3n) is 4.02. The van der Waals surface area contributed by atoms with Crippen molar-refractivity contribution in [3.05, 3.63) is 18.1 Å². The highest BCUT2D eigenvalue weighted by Crippen LogP contribution is 2.44. The van der Waals surface area contributed by atoms with Gasteiger partial charge in [0.1, 0.15) is 11.3 Å². The van der Waals surface area contributed by atoms with Gasteiger partial charge in [0.25, 0.3) is 0 Å². The number of carbonyl (C=O) groups is 1. The molecule has 104 valence electrons. The second-order valence-corrected chi connectivity index (χ2v) is 6.68. The monoisotopic (exact) mass is 280 g/mol. The Morgan fingerprint density at radius 1 is 1.53 bits per heavy atom. The molecule has 2 saturated carbocycles. The SMILES string of the molecule is Cc1occc1SCC(NC1CC1)(C(N)=O)C1CC1. The van der Waals surface area contributed by atoms with Gasteiger partial charge in [0, 0.05) is 16.7 Å². The van der Waals surface area contributed by atoms with Gasteiger partial charge in [-0.2, -0.15) is 0 Å². The number of aryl methyl sites for hydroxylation is 1. The van der Waals surface area contributed by atoms with Crippen molar-refractivity contribution in [2.75, 3.05) is 5.75 Å². The average molecular weight is 280 g/mol. The van der Waals surface area contributed by atoms with Crippen LogP contribution in [0, 0.1) is 12.8 Å². The predicted octanol–water partition coefficient (Wildman–Crippen LogP) is 2.07. The highest BCUT2D eigenvalue weighted by Gasteiger charge is 2.51. The largest absolute Gasteiger partial charge is 0.468 e. The van der Waals surface area contributed by atoms with E-state index in [-0.39, 0.29) is 5.91 Å². The summed E-state index contributed by atoms with van der Waals surface area (Å²) in [5.41, 5.74) is 5.20. The molecular formula is C14H20N2O2S. The van der Waals surface area contributed by atoms with E-state index >= 15 is 0 Å². The molecule has 1 atom stereocenters. The lowest BCUT2D eigenvalue weighted by molar-refractivity contribution is -0.124. The van der Waals surface area contributed by atoms with E-state index in [1.807, 2.05) is 13.0 Å². The molecule has 4 nitrogen and oxygen atoms in total. The highest BCUT2D eigenvalue weighted by molar-refractivity contribution is 7.99. The summed E-state index contributed by atoms with van der Waals surface area (Å²) < 4.78 is 5.30. The second-order valence-electron chi connectivity index (χ2n) is 5.66. The summed E-state index contributed by atoms with van der Waals surface area (Å²) in [6, 6.07) is 2.44. The van der Waals surface area contributed by atoms with E-state index < -0.39 is 5.54 Å². The van der Waals surface area contributed by atoms with Crippen molar-refractivity contribution in [3.8, 4) is 0 Å². The fourth-order valence-corrected chi connectivity index (χ4v) is 3.75. The van der Waals surface area contributed by atoms with Crippen molar-refractivity contribution >= 4 is 17.7 Å². The zero-order valence-electron chi connectivity index (χ0n) is 11.1. The smallest absolute Gasteiger partial charge is 0.238 e. The lowest BCUT2D eigenvalue weighted by Gasteiger charge is -2.32. The molecule has 0 aromatic carbocycles. The minimum absolute atomic E-state index is 0.199. The second kappa shape index (κ2) is 4.87. The van der Waals surface area contributed by atoms with Crippen LogP contribution in [0.3, 0.4) is 0 Å². The highest BCUT2D eigenvalue weighted by atomic mass is 32.2. The topological polar surface area (TPSA) is 68.3 Å². The summed E-state index contributed by atoms with van der Waals surface area (Å²) in [5, 5.41) is 3.52. The molecule has 3 N–H and O–H groups in total. The summed E-state index contributed by atoms with van der Waals surface area (Å²) >= 11 is 1.67. The number of nitrogens with two attached hydrogens (primary N) is 1. The van der Waals surface area contributed by atoms with Gasteiger partial charge in [-0.05, 0) is 44.6 Å². The molecule has 1 aromatic rings. The first-order valence-electron chi connectivity index (χ1n) is 6.86. The van der Waals surface area contributed by atoms with Gasteiger partial charge in [-0.1, -0.05) is 0 Å². The molecule has 2 fully saturated rings. The first kappa shape index (κ1) is 13.1. The maximum absolute atomic E-state index is 12.0. The standard InChI is InChI=1S/C14H20N2O2S/c1-9-12(6-7-18-9)19-8-14(13(15)17,10-2-3-10)16-11-4-5-11/h6-7,10-11,16H,2-5,8H2,1H3,(H2,15,17). The van der Waals surface area contributed by atoms with E-state index in [2.05, 4.69) is 5.32 Å². The Labute approximate surface area is 117 Å². The van der Waals surface area contributed by atoms with Gasteiger partial charge in [0.2, 0.25) is 5.91 Å². The van der Waals surface area contributed by atoms with Gasteiger partial charge in [-0.3, -0.25) is 10.1 Å². The molecule has 0 aliphatic heterocycles.